The second-order valence-corrected chi connectivity index (χ2v) is 5.07. The van der Waals surface area contributed by atoms with E-state index in [0.717, 1.165) is 31.3 Å². The standard InChI is InChI=1S/C15H24N2O/c1-12(14-5-3-4-6-15(14)18-2)17-11-13-7-9-16-10-8-13/h3-6,12-13,16-17H,7-11H2,1-2H3/t12-/m0/s1. The first-order valence-corrected chi connectivity index (χ1v) is 6.88. The van der Waals surface area contributed by atoms with Crippen LogP contribution >= 0.6 is 0 Å². The molecule has 0 bridgehead atoms. The molecule has 1 aromatic rings. The lowest BCUT2D eigenvalue weighted by molar-refractivity contribution is 0.341. The Hall–Kier alpha value is -1.06. The Balaban J connectivity index is 1.88. The highest BCUT2D eigenvalue weighted by Gasteiger charge is 2.15. The molecule has 1 atom stereocenters. The Bertz CT molecular complexity index is 361. The lowest BCUT2D eigenvalue weighted by atomic mass is 9.97. The number of hydrogen-bond acceptors (Lipinski definition) is 3. The van der Waals surface area contributed by atoms with Gasteiger partial charge in [0.25, 0.3) is 0 Å². The molecule has 2 N–H and O–H groups in total. The molecule has 1 fully saturated rings. The van der Waals surface area contributed by atoms with E-state index in [2.05, 4.69) is 29.7 Å². The Morgan fingerprint density at radius 2 is 2.06 bits per heavy atom. The van der Waals surface area contributed by atoms with Gasteiger partial charge < -0.3 is 15.4 Å². The summed E-state index contributed by atoms with van der Waals surface area (Å²) in [5, 5.41) is 7.04. The second kappa shape index (κ2) is 6.76. The molecule has 100 valence electrons. The van der Waals surface area contributed by atoms with Crippen LogP contribution in [0.1, 0.15) is 31.4 Å². The Kier molecular flexibility index (Phi) is 5.02. The smallest absolute Gasteiger partial charge is 0.123 e. The summed E-state index contributed by atoms with van der Waals surface area (Å²) in [5.41, 5.74) is 1.24. The number of methoxy groups -OCH3 is 1. The molecule has 1 saturated heterocycles. The van der Waals surface area contributed by atoms with Crippen molar-refractivity contribution in [3.8, 4) is 5.75 Å². The molecule has 0 aliphatic carbocycles. The summed E-state index contributed by atoms with van der Waals surface area (Å²) in [7, 11) is 1.73. The Morgan fingerprint density at radius 1 is 1.33 bits per heavy atom. The van der Waals surface area contributed by atoms with Crippen molar-refractivity contribution in [2.45, 2.75) is 25.8 Å². The Morgan fingerprint density at radius 3 is 2.78 bits per heavy atom. The maximum absolute atomic E-state index is 5.41. The zero-order chi connectivity index (χ0) is 12.8. The van der Waals surface area contributed by atoms with E-state index < -0.39 is 0 Å². The first-order valence-electron chi connectivity index (χ1n) is 6.88. The van der Waals surface area contributed by atoms with Crippen molar-refractivity contribution in [2.75, 3.05) is 26.7 Å². The van der Waals surface area contributed by atoms with E-state index in [0.29, 0.717) is 6.04 Å². The molecule has 18 heavy (non-hydrogen) atoms. The van der Waals surface area contributed by atoms with Crippen molar-refractivity contribution < 1.29 is 4.74 Å². The largest absolute Gasteiger partial charge is 0.496 e. The minimum Gasteiger partial charge on any atom is -0.496 e. The van der Waals surface area contributed by atoms with Crippen LogP contribution in [0.3, 0.4) is 0 Å². The van der Waals surface area contributed by atoms with Gasteiger partial charge in [0.1, 0.15) is 5.75 Å². The molecule has 2 rings (SSSR count). The zero-order valence-electron chi connectivity index (χ0n) is 11.4. The van der Waals surface area contributed by atoms with E-state index in [1.165, 1.54) is 18.4 Å². The molecule has 3 nitrogen and oxygen atoms in total. The first-order chi connectivity index (χ1) is 8.81. The summed E-state index contributed by atoms with van der Waals surface area (Å²) in [6.07, 6.45) is 2.57. The van der Waals surface area contributed by atoms with Crippen LogP contribution < -0.4 is 15.4 Å². The Labute approximate surface area is 110 Å². The lowest BCUT2D eigenvalue weighted by Crippen LogP contribution is -2.34. The fourth-order valence-corrected chi connectivity index (χ4v) is 2.56. The molecule has 0 radical (unpaired) electrons. The van der Waals surface area contributed by atoms with Gasteiger partial charge in [-0.15, -0.1) is 0 Å². The normalized spacial score (nSPS) is 18.6. The molecule has 0 saturated carbocycles. The van der Waals surface area contributed by atoms with Crippen LogP contribution in [0.5, 0.6) is 5.75 Å². The van der Waals surface area contributed by atoms with Crippen LogP contribution in [0.25, 0.3) is 0 Å². The third kappa shape index (κ3) is 3.47. The number of para-hydroxylation sites is 1. The van der Waals surface area contributed by atoms with E-state index in [9.17, 15) is 0 Å². The van der Waals surface area contributed by atoms with Gasteiger partial charge >= 0.3 is 0 Å². The van der Waals surface area contributed by atoms with Crippen LogP contribution in [0, 0.1) is 5.92 Å². The first kappa shape index (κ1) is 13.4. The summed E-state index contributed by atoms with van der Waals surface area (Å²) in [4.78, 5) is 0. The van der Waals surface area contributed by atoms with Gasteiger partial charge in [0.15, 0.2) is 0 Å². The van der Waals surface area contributed by atoms with Crippen LogP contribution in [0.4, 0.5) is 0 Å². The number of benzene rings is 1. The number of nitrogens with one attached hydrogen (secondary N) is 2. The molecule has 3 heteroatoms. The summed E-state index contributed by atoms with van der Waals surface area (Å²) in [6, 6.07) is 8.59. The van der Waals surface area contributed by atoms with Crippen molar-refractivity contribution in [1.29, 1.82) is 0 Å². The SMILES string of the molecule is COc1ccccc1[C@H](C)NCC1CCNCC1. The molecule has 0 amide bonds. The van der Waals surface area contributed by atoms with Crippen molar-refractivity contribution in [3.05, 3.63) is 29.8 Å². The molecule has 1 aromatic carbocycles. The average Bonchev–Trinajstić information content (AvgIpc) is 2.45. The van der Waals surface area contributed by atoms with Gasteiger partial charge in [0.05, 0.1) is 7.11 Å². The molecular formula is C15H24N2O. The minimum absolute atomic E-state index is 0.344. The topological polar surface area (TPSA) is 33.3 Å². The summed E-state index contributed by atoms with van der Waals surface area (Å²) >= 11 is 0. The van der Waals surface area contributed by atoms with Gasteiger partial charge in [-0.25, -0.2) is 0 Å². The fourth-order valence-electron chi connectivity index (χ4n) is 2.56. The summed E-state index contributed by atoms with van der Waals surface area (Å²) in [5.74, 6) is 1.78. The average molecular weight is 248 g/mol. The van der Waals surface area contributed by atoms with Gasteiger partial charge in [0, 0.05) is 11.6 Å². The van der Waals surface area contributed by atoms with Gasteiger partial charge in [-0.3, -0.25) is 0 Å². The van der Waals surface area contributed by atoms with E-state index in [1.54, 1.807) is 7.11 Å². The molecule has 1 aliphatic heterocycles. The molecular weight excluding hydrogens is 224 g/mol. The third-order valence-corrected chi connectivity index (χ3v) is 3.78. The molecule has 0 unspecified atom stereocenters. The molecule has 0 spiro atoms. The highest BCUT2D eigenvalue weighted by atomic mass is 16.5. The van der Waals surface area contributed by atoms with E-state index >= 15 is 0 Å². The summed E-state index contributed by atoms with van der Waals surface area (Å²) < 4.78 is 5.41. The highest BCUT2D eigenvalue weighted by Crippen LogP contribution is 2.24. The maximum atomic E-state index is 5.41. The van der Waals surface area contributed by atoms with E-state index in [4.69, 9.17) is 4.74 Å². The molecule has 1 aliphatic rings. The summed E-state index contributed by atoms with van der Waals surface area (Å²) in [6.45, 7) is 5.63. The predicted molar refractivity (Wildman–Crippen MR) is 75.0 cm³/mol. The van der Waals surface area contributed by atoms with Crippen molar-refractivity contribution in [3.63, 3.8) is 0 Å². The third-order valence-electron chi connectivity index (χ3n) is 3.78. The van der Waals surface area contributed by atoms with Crippen LogP contribution in [0.2, 0.25) is 0 Å². The second-order valence-electron chi connectivity index (χ2n) is 5.07. The maximum Gasteiger partial charge on any atom is 0.123 e. The van der Waals surface area contributed by atoms with E-state index in [-0.39, 0.29) is 0 Å². The number of piperidine rings is 1. The highest BCUT2D eigenvalue weighted by molar-refractivity contribution is 5.35. The van der Waals surface area contributed by atoms with Gasteiger partial charge in [-0.2, -0.15) is 0 Å². The molecule has 0 aromatic heterocycles. The van der Waals surface area contributed by atoms with Crippen LogP contribution in [-0.2, 0) is 0 Å². The lowest BCUT2D eigenvalue weighted by Gasteiger charge is -2.25. The van der Waals surface area contributed by atoms with Crippen molar-refractivity contribution >= 4 is 0 Å². The van der Waals surface area contributed by atoms with Crippen molar-refractivity contribution in [1.82, 2.24) is 10.6 Å². The minimum atomic E-state index is 0.344. The molecule has 1 heterocycles. The van der Waals surface area contributed by atoms with Crippen molar-refractivity contribution in [2.24, 2.45) is 5.92 Å². The monoisotopic (exact) mass is 248 g/mol. The van der Waals surface area contributed by atoms with Crippen LogP contribution in [-0.4, -0.2) is 26.7 Å². The van der Waals surface area contributed by atoms with Gasteiger partial charge in [-0.1, -0.05) is 18.2 Å². The number of hydrogen-bond donors (Lipinski definition) is 2. The number of rotatable bonds is 5. The van der Waals surface area contributed by atoms with Crippen LogP contribution in [0.15, 0.2) is 24.3 Å². The van der Waals surface area contributed by atoms with Gasteiger partial charge in [0.2, 0.25) is 0 Å². The predicted octanol–water partition coefficient (Wildman–Crippen LogP) is 2.35. The quantitative estimate of drug-likeness (QED) is 0.839. The zero-order valence-corrected chi connectivity index (χ0v) is 11.4. The van der Waals surface area contributed by atoms with E-state index in [1.807, 2.05) is 12.1 Å². The fraction of sp³-hybridized carbons (Fsp3) is 0.600. The number of ether oxygens (including phenoxy) is 1. The van der Waals surface area contributed by atoms with Gasteiger partial charge in [-0.05, 0) is 51.4 Å².